The molecule has 1 aliphatic heterocycles. The lowest BCUT2D eigenvalue weighted by Gasteiger charge is -2.43. The van der Waals surface area contributed by atoms with Crippen molar-refractivity contribution in [3.63, 3.8) is 0 Å². The Labute approximate surface area is 147 Å². The van der Waals surface area contributed by atoms with E-state index in [4.69, 9.17) is 9.16 Å². The zero-order valence-corrected chi connectivity index (χ0v) is 16.9. The van der Waals surface area contributed by atoms with Crippen LogP contribution in [0.15, 0.2) is 24.3 Å². The Bertz CT molecular complexity index is 527. The number of piperidine rings is 1. The highest BCUT2D eigenvalue weighted by Crippen LogP contribution is 2.38. The van der Waals surface area contributed by atoms with Gasteiger partial charge >= 0.3 is 0 Å². The molecule has 24 heavy (non-hydrogen) atoms. The van der Waals surface area contributed by atoms with Gasteiger partial charge in [0.15, 0.2) is 8.32 Å². The predicted octanol–water partition coefficient (Wildman–Crippen LogP) is 4.63. The van der Waals surface area contributed by atoms with Gasteiger partial charge in [0.1, 0.15) is 11.9 Å². The van der Waals surface area contributed by atoms with Crippen LogP contribution in [0.25, 0.3) is 0 Å². The summed E-state index contributed by atoms with van der Waals surface area (Å²) in [4.78, 5) is 2.17. The molecule has 0 aromatic heterocycles. The monoisotopic (exact) mass is 353 g/mol. The third-order valence-corrected chi connectivity index (χ3v) is 9.80. The Morgan fingerprint density at radius 3 is 2.33 bits per heavy atom. The number of nitrogens with zero attached hydrogens (tertiary/aromatic N) is 1. The van der Waals surface area contributed by atoms with Crippen molar-refractivity contribution in [1.82, 2.24) is 4.90 Å². The van der Waals surface area contributed by atoms with Crippen molar-refractivity contribution in [1.29, 1.82) is 0 Å². The number of hydrogen-bond acceptors (Lipinski definition) is 3. The summed E-state index contributed by atoms with van der Waals surface area (Å²) < 4.78 is 25.9. The Morgan fingerprint density at radius 1 is 1.17 bits per heavy atom. The molecule has 5 heteroatoms. The maximum Gasteiger partial charge on any atom is 0.192 e. The van der Waals surface area contributed by atoms with Gasteiger partial charge in [0.2, 0.25) is 0 Å². The Morgan fingerprint density at radius 2 is 1.79 bits per heavy atom. The van der Waals surface area contributed by atoms with E-state index in [2.05, 4.69) is 38.8 Å². The zero-order chi connectivity index (χ0) is 18.0. The van der Waals surface area contributed by atoms with Crippen LogP contribution < -0.4 is 4.74 Å². The van der Waals surface area contributed by atoms with E-state index in [-0.39, 0.29) is 11.1 Å². The molecule has 3 nitrogen and oxygen atoms in total. The minimum Gasteiger partial charge on any atom is -0.497 e. The zero-order valence-electron chi connectivity index (χ0n) is 15.9. The lowest BCUT2D eigenvalue weighted by atomic mass is 10.1. The molecule has 0 aliphatic carbocycles. The van der Waals surface area contributed by atoms with Crippen molar-refractivity contribution in [3.05, 3.63) is 29.8 Å². The lowest BCUT2D eigenvalue weighted by molar-refractivity contribution is 0.0291. The van der Waals surface area contributed by atoms with Crippen LogP contribution in [0.4, 0.5) is 4.39 Å². The second kappa shape index (κ2) is 7.54. The molecule has 136 valence electrons. The van der Waals surface area contributed by atoms with E-state index >= 15 is 0 Å². The Hall–Kier alpha value is -0.913. The van der Waals surface area contributed by atoms with E-state index in [9.17, 15) is 4.39 Å². The molecule has 1 heterocycles. The van der Waals surface area contributed by atoms with Crippen molar-refractivity contribution >= 4 is 8.32 Å². The number of likely N-dealkylation sites (tertiary alicyclic amines) is 1. The van der Waals surface area contributed by atoms with Crippen molar-refractivity contribution in [2.75, 3.05) is 20.2 Å². The maximum atomic E-state index is 14.3. The molecule has 0 radical (unpaired) electrons. The van der Waals surface area contributed by atoms with Gasteiger partial charge in [-0.2, -0.15) is 0 Å². The number of halogens is 1. The van der Waals surface area contributed by atoms with E-state index < -0.39 is 14.5 Å². The Balaban J connectivity index is 1.99. The summed E-state index contributed by atoms with van der Waals surface area (Å²) in [5.41, 5.74) is 1.18. The lowest BCUT2D eigenvalue weighted by Crippen LogP contribution is -2.51. The van der Waals surface area contributed by atoms with Crippen LogP contribution in [-0.2, 0) is 11.0 Å². The van der Waals surface area contributed by atoms with Crippen LogP contribution in [-0.4, -0.2) is 45.7 Å². The Kier molecular flexibility index (Phi) is 6.10. The van der Waals surface area contributed by atoms with Gasteiger partial charge in [-0.1, -0.05) is 32.9 Å². The first-order valence-corrected chi connectivity index (χ1v) is 11.7. The summed E-state index contributed by atoms with van der Waals surface area (Å²) in [6.07, 6.45) is -0.300. The molecule has 1 saturated heterocycles. The van der Waals surface area contributed by atoms with E-state index in [1.807, 2.05) is 24.3 Å². The highest BCUT2D eigenvalue weighted by molar-refractivity contribution is 6.74. The number of methoxy groups -OCH3 is 1. The largest absolute Gasteiger partial charge is 0.497 e. The van der Waals surface area contributed by atoms with E-state index in [1.165, 1.54) is 5.56 Å². The van der Waals surface area contributed by atoms with E-state index in [0.717, 1.165) is 18.8 Å². The third-order valence-electron chi connectivity index (χ3n) is 5.27. The molecule has 0 saturated carbocycles. The number of benzene rings is 1. The summed E-state index contributed by atoms with van der Waals surface area (Å²) in [6, 6.07) is 8.00. The summed E-state index contributed by atoms with van der Waals surface area (Å²) in [7, 11) is -0.203. The van der Waals surface area contributed by atoms with Crippen LogP contribution in [0.5, 0.6) is 5.75 Å². The van der Waals surface area contributed by atoms with Crippen molar-refractivity contribution in [3.8, 4) is 5.75 Å². The highest BCUT2D eigenvalue weighted by Gasteiger charge is 2.41. The van der Waals surface area contributed by atoms with Gasteiger partial charge < -0.3 is 9.16 Å². The number of alkyl halides is 1. The standard InChI is InChI=1S/C19H32FNO2Si/c1-19(2,3)24(5,6)23-18-11-16(20)13-21(14-18)12-15-7-9-17(22-4)10-8-15/h7-10,16,18H,11-14H2,1-6H3. The van der Waals surface area contributed by atoms with Crippen LogP contribution in [0, 0.1) is 0 Å². The first-order valence-electron chi connectivity index (χ1n) is 8.78. The molecular formula is C19H32FNO2Si. The van der Waals surface area contributed by atoms with Crippen molar-refractivity contribution in [2.45, 2.75) is 64.1 Å². The molecule has 1 aliphatic rings. The van der Waals surface area contributed by atoms with Crippen LogP contribution in [0.1, 0.15) is 32.8 Å². The summed E-state index contributed by atoms with van der Waals surface area (Å²) in [6.45, 7) is 13.2. The SMILES string of the molecule is COc1ccc(CN2CC(F)CC(O[Si](C)(C)C(C)(C)C)C2)cc1. The minimum atomic E-state index is -1.87. The number of rotatable bonds is 5. The highest BCUT2D eigenvalue weighted by atomic mass is 28.4. The first kappa shape index (κ1) is 19.4. The number of hydrogen-bond donors (Lipinski definition) is 0. The first-order chi connectivity index (χ1) is 11.1. The topological polar surface area (TPSA) is 21.7 Å². The normalized spacial score (nSPS) is 23.3. The molecular weight excluding hydrogens is 321 g/mol. The summed E-state index contributed by atoms with van der Waals surface area (Å²) in [5, 5.41) is 0.150. The quantitative estimate of drug-likeness (QED) is 0.721. The van der Waals surface area contributed by atoms with E-state index in [0.29, 0.717) is 13.0 Å². The molecule has 0 N–H and O–H groups in total. The minimum absolute atomic E-state index is 0.00658. The fraction of sp³-hybridized carbons (Fsp3) is 0.684. The van der Waals surface area contributed by atoms with Gasteiger partial charge in [0.25, 0.3) is 0 Å². The van der Waals surface area contributed by atoms with Crippen molar-refractivity contribution in [2.24, 2.45) is 0 Å². The smallest absolute Gasteiger partial charge is 0.192 e. The molecule has 1 fully saturated rings. The molecule has 1 aromatic rings. The van der Waals surface area contributed by atoms with Gasteiger partial charge in [-0.3, -0.25) is 4.90 Å². The molecule has 2 rings (SSSR count). The van der Waals surface area contributed by atoms with Crippen LogP contribution in [0.2, 0.25) is 18.1 Å². The molecule has 0 bridgehead atoms. The summed E-state index contributed by atoms with van der Waals surface area (Å²) in [5.74, 6) is 0.847. The third kappa shape index (κ3) is 5.04. The van der Waals surface area contributed by atoms with Crippen molar-refractivity contribution < 1.29 is 13.6 Å². The van der Waals surface area contributed by atoms with Gasteiger partial charge in [0.05, 0.1) is 13.2 Å². The van der Waals surface area contributed by atoms with Crippen LogP contribution in [0.3, 0.4) is 0 Å². The van der Waals surface area contributed by atoms with Gasteiger partial charge in [0, 0.05) is 26.1 Å². The van der Waals surface area contributed by atoms with Gasteiger partial charge in [-0.15, -0.1) is 0 Å². The van der Waals surface area contributed by atoms with Gasteiger partial charge in [-0.25, -0.2) is 4.39 Å². The average molecular weight is 354 g/mol. The molecule has 0 spiro atoms. The predicted molar refractivity (Wildman–Crippen MR) is 99.9 cm³/mol. The molecule has 2 atom stereocenters. The molecule has 1 aromatic carbocycles. The van der Waals surface area contributed by atoms with Crippen LogP contribution >= 0.6 is 0 Å². The fourth-order valence-corrected chi connectivity index (χ4v) is 4.23. The van der Waals surface area contributed by atoms with Gasteiger partial charge in [-0.05, 0) is 35.8 Å². The molecule has 2 unspecified atom stereocenters. The summed E-state index contributed by atoms with van der Waals surface area (Å²) >= 11 is 0. The fourth-order valence-electron chi connectivity index (χ4n) is 2.87. The second-order valence-electron chi connectivity index (χ2n) is 8.38. The molecule has 0 amide bonds. The average Bonchev–Trinajstić information content (AvgIpc) is 2.45. The second-order valence-corrected chi connectivity index (χ2v) is 13.1. The maximum absolute atomic E-state index is 14.3. The number of ether oxygens (including phenoxy) is 1. The van der Waals surface area contributed by atoms with E-state index in [1.54, 1.807) is 7.11 Å².